The summed E-state index contributed by atoms with van der Waals surface area (Å²) in [4.78, 5) is 9.83. The smallest absolute Gasteiger partial charge is 0.0794 e. The molecule has 2 aliphatic rings. The highest BCUT2D eigenvalue weighted by Gasteiger charge is 2.35. The van der Waals surface area contributed by atoms with Gasteiger partial charge in [-0.25, -0.2) is 4.98 Å². The van der Waals surface area contributed by atoms with E-state index < -0.39 is 0 Å². The average Bonchev–Trinajstić information content (AvgIpc) is 3.05. The maximum absolute atomic E-state index is 4.40. The van der Waals surface area contributed by atoms with Gasteiger partial charge >= 0.3 is 0 Å². The van der Waals surface area contributed by atoms with Gasteiger partial charge in [0.15, 0.2) is 0 Å². The van der Waals surface area contributed by atoms with Gasteiger partial charge in [-0.2, -0.15) is 0 Å². The summed E-state index contributed by atoms with van der Waals surface area (Å²) in [6.07, 6.45) is 5.21. The van der Waals surface area contributed by atoms with Gasteiger partial charge in [0.2, 0.25) is 0 Å². The second kappa shape index (κ2) is 5.68. The molecule has 2 unspecified atom stereocenters. The van der Waals surface area contributed by atoms with Gasteiger partial charge in [0, 0.05) is 43.5 Å². The maximum atomic E-state index is 4.40. The third-order valence-electron chi connectivity index (χ3n) is 4.52. The quantitative estimate of drug-likeness (QED) is 0.832. The molecular weight excluding hydrogens is 242 g/mol. The van der Waals surface area contributed by atoms with Crippen molar-refractivity contribution in [2.75, 3.05) is 26.2 Å². The fraction of sp³-hybridized carbons (Fsp3) is 0.786. The lowest BCUT2D eigenvalue weighted by Crippen LogP contribution is -2.56. The Bertz CT molecular complexity index is 365. The van der Waals surface area contributed by atoms with Gasteiger partial charge in [0.05, 0.1) is 11.2 Å². The first-order valence-corrected chi connectivity index (χ1v) is 8.16. The Labute approximate surface area is 114 Å². The fourth-order valence-electron chi connectivity index (χ4n) is 3.43. The second-order valence-corrected chi connectivity index (χ2v) is 6.30. The Morgan fingerprint density at radius 2 is 2.39 bits per heavy atom. The normalized spacial score (nSPS) is 29.6. The van der Waals surface area contributed by atoms with E-state index in [-0.39, 0.29) is 0 Å². The van der Waals surface area contributed by atoms with Crippen LogP contribution in [0.25, 0.3) is 0 Å². The van der Waals surface area contributed by atoms with Crippen LogP contribution in [-0.2, 0) is 6.42 Å². The SMILES string of the molecule is CCC1CN2CCCC2CN1CCc1cscn1. The number of hydrogen-bond acceptors (Lipinski definition) is 4. The van der Waals surface area contributed by atoms with Crippen LogP contribution in [0.15, 0.2) is 10.9 Å². The van der Waals surface area contributed by atoms with E-state index in [1.165, 1.54) is 51.1 Å². The van der Waals surface area contributed by atoms with Crippen LogP contribution in [0.1, 0.15) is 31.9 Å². The molecule has 2 fully saturated rings. The van der Waals surface area contributed by atoms with Crippen LogP contribution in [0.3, 0.4) is 0 Å². The van der Waals surface area contributed by atoms with Crippen molar-refractivity contribution in [1.29, 1.82) is 0 Å². The molecule has 100 valence electrons. The third kappa shape index (κ3) is 2.60. The molecule has 1 aromatic rings. The zero-order valence-electron chi connectivity index (χ0n) is 11.2. The van der Waals surface area contributed by atoms with Crippen LogP contribution in [0.5, 0.6) is 0 Å². The predicted octanol–water partition coefficient (Wildman–Crippen LogP) is 2.24. The Morgan fingerprint density at radius 3 is 3.17 bits per heavy atom. The summed E-state index contributed by atoms with van der Waals surface area (Å²) in [5, 5.41) is 2.19. The number of fused-ring (bicyclic) bond motifs is 1. The first-order chi connectivity index (χ1) is 8.86. The number of nitrogens with zero attached hydrogens (tertiary/aromatic N) is 3. The minimum atomic E-state index is 0.762. The average molecular weight is 265 g/mol. The molecule has 0 amide bonds. The van der Waals surface area contributed by atoms with E-state index in [0.717, 1.165) is 18.5 Å². The molecule has 0 radical (unpaired) electrons. The molecule has 2 atom stereocenters. The number of hydrogen-bond donors (Lipinski definition) is 0. The van der Waals surface area contributed by atoms with Crippen molar-refractivity contribution >= 4 is 11.3 Å². The van der Waals surface area contributed by atoms with E-state index in [1.807, 2.05) is 5.51 Å². The molecule has 4 heteroatoms. The standard InChI is InChI=1S/C14H23N3S/c1-2-13-8-16-6-3-4-14(16)9-17(13)7-5-12-10-18-11-15-12/h10-11,13-14H,2-9H2,1H3. The molecule has 1 aromatic heterocycles. The molecule has 3 nitrogen and oxygen atoms in total. The highest BCUT2D eigenvalue weighted by Crippen LogP contribution is 2.25. The third-order valence-corrected chi connectivity index (χ3v) is 5.15. The van der Waals surface area contributed by atoms with E-state index in [1.54, 1.807) is 11.3 Å². The Morgan fingerprint density at radius 1 is 1.44 bits per heavy atom. The first kappa shape index (κ1) is 12.6. The summed E-state index contributed by atoms with van der Waals surface area (Å²) in [5.41, 5.74) is 3.21. The van der Waals surface area contributed by atoms with Crippen LogP contribution in [-0.4, -0.2) is 53.0 Å². The van der Waals surface area contributed by atoms with Gasteiger partial charge in [0.1, 0.15) is 0 Å². The van der Waals surface area contributed by atoms with Gasteiger partial charge in [0.25, 0.3) is 0 Å². The topological polar surface area (TPSA) is 19.4 Å². The Balaban J connectivity index is 1.59. The van der Waals surface area contributed by atoms with Gasteiger partial charge in [-0.1, -0.05) is 6.92 Å². The molecule has 0 spiro atoms. The maximum Gasteiger partial charge on any atom is 0.0794 e. The molecular formula is C14H23N3S. The van der Waals surface area contributed by atoms with E-state index in [2.05, 4.69) is 27.1 Å². The van der Waals surface area contributed by atoms with Gasteiger partial charge in [-0.05, 0) is 25.8 Å². The number of aromatic nitrogens is 1. The van der Waals surface area contributed by atoms with E-state index >= 15 is 0 Å². The van der Waals surface area contributed by atoms with Gasteiger partial charge < -0.3 is 0 Å². The number of piperazine rings is 1. The number of rotatable bonds is 4. The molecule has 0 saturated carbocycles. The van der Waals surface area contributed by atoms with Crippen molar-refractivity contribution in [3.63, 3.8) is 0 Å². The molecule has 3 rings (SSSR count). The Kier molecular flexibility index (Phi) is 3.97. The lowest BCUT2D eigenvalue weighted by atomic mass is 10.0. The molecule has 0 bridgehead atoms. The zero-order chi connectivity index (χ0) is 12.4. The van der Waals surface area contributed by atoms with Crippen LogP contribution in [0.4, 0.5) is 0 Å². The van der Waals surface area contributed by atoms with Gasteiger partial charge in [-0.15, -0.1) is 11.3 Å². The summed E-state index contributed by atoms with van der Waals surface area (Å²) < 4.78 is 0. The van der Waals surface area contributed by atoms with Gasteiger partial charge in [-0.3, -0.25) is 9.80 Å². The Hall–Kier alpha value is -0.450. The summed E-state index contributed by atoms with van der Waals surface area (Å²) in [7, 11) is 0. The molecule has 2 saturated heterocycles. The van der Waals surface area contributed by atoms with Crippen molar-refractivity contribution in [3.05, 3.63) is 16.6 Å². The van der Waals surface area contributed by atoms with Crippen LogP contribution in [0.2, 0.25) is 0 Å². The molecule has 18 heavy (non-hydrogen) atoms. The minimum absolute atomic E-state index is 0.762. The molecule has 3 heterocycles. The fourth-order valence-corrected chi connectivity index (χ4v) is 4.02. The van der Waals surface area contributed by atoms with Crippen molar-refractivity contribution in [3.8, 4) is 0 Å². The van der Waals surface area contributed by atoms with Crippen LogP contribution >= 0.6 is 11.3 Å². The monoisotopic (exact) mass is 265 g/mol. The minimum Gasteiger partial charge on any atom is -0.298 e. The first-order valence-electron chi connectivity index (χ1n) is 7.22. The highest BCUT2D eigenvalue weighted by molar-refractivity contribution is 7.07. The lowest BCUT2D eigenvalue weighted by Gasteiger charge is -2.43. The number of thiazole rings is 1. The molecule has 0 aromatic carbocycles. The summed E-state index contributed by atoms with van der Waals surface area (Å²) >= 11 is 1.71. The van der Waals surface area contributed by atoms with E-state index in [0.29, 0.717) is 0 Å². The van der Waals surface area contributed by atoms with Crippen molar-refractivity contribution in [1.82, 2.24) is 14.8 Å². The zero-order valence-corrected chi connectivity index (χ0v) is 12.0. The largest absolute Gasteiger partial charge is 0.298 e. The van der Waals surface area contributed by atoms with Crippen molar-refractivity contribution in [2.24, 2.45) is 0 Å². The van der Waals surface area contributed by atoms with Crippen molar-refractivity contribution in [2.45, 2.75) is 44.7 Å². The van der Waals surface area contributed by atoms with E-state index in [9.17, 15) is 0 Å². The second-order valence-electron chi connectivity index (χ2n) is 5.58. The van der Waals surface area contributed by atoms with Crippen molar-refractivity contribution < 1.29 is 0 Å². The highest BCUT2D eigenvalue weighted by atomic mass is 32.1. The molecule has 0 aliphatic carbocycles. The van der Waals surface area contributed by atoms with Crippen LogP contribution < -0.4 is 0 Å². The van der Waals surface area contributed by atoms with Crippen LogP contribution in [0, 0.1) is 0 Å². The molecule has 0 N–H and O–H groups in total. The lowest BCUT2D eigenvalue weighted by molar-refractivity contribution is 0.0500. The summed E-state index contributed by atoms with van der Waals surface area (Å²) in [6, 6.07) is 1.60. The summed E-state index contributed by atoms with van der Waals surface area (Å²) in [6.45, 7) is 7.42. The molecule has 2 aliphatic heterocycles. The predicted molar refractivity (Wildman–Crippen MR) is 76.1 cm³/mol. The van der Waals surface area contributed by atoms with E-state index in [4.69, 9.17) is 0 Å². The summed E-state index contributed by atoms with van der Waals surface area (Å²) in [5.74, 6) is 0.